The summed E-state index contributed by atoms with van der Waals surface area (Å²) in [6, 6.07) is 9.45. The molecule has 4 atom stereocenters. The van der Waals surface area contributed by atoms with Crippen molar-refractivity contribution in [1.82, 2.24) is 0 Å². The molecule has 5 heteroatoms. The van der Waals surface area contributed by atoms with Gasteiger partial charge in [-0.2, -0.15) is 0 Å². The Morgan fingerprint density at radius 1 is 1.36 bits per heavy atom. The Kier molecular flexibility index (Phi) is 3.77. The minimum Gasteiger partial charge on any atom is -0.457 e. The highest BCUT2D eigenvalue weighted by atomic mass is 35.5. The monoisotopic (exact) mass is 322 g/mol. The van der Waals surface area contributed by atoms with Crippen LogP contribution in [0.3, 0.4) is 0 Å². The highest BCUT2D eigenvalue weighted by Gasteiger charge is 2.77. The molecule has 2 aliphatic rings. The molecule has 4 nitrogen and oxygen atoms in total. The van der Waals surface area contributed by atoms with E-state index >= 15 is 0 Å². The number of ketones is 1. The number of Topliss-reactive ketones (excluding diaryl/α,β-unsaturated/α-hetero) is 1. The first-order valence-electron chi connectivity index (χ1n) is 7.50. The number of benzene rings is 1. The molecule has 0 spiro atoms. The van der Waals surface area contributed by atoms with Gasteiger partial charge in [0.2, 0.25) is 0 Å². The van der Waals surface area contributed by atoms with Crippen LogP contribution < -0.4 is 0 Å². The third-order valence-electron chi connectivity index (χ3n) is 5.30. The van der Waals surface area contributed by atoms with E-state index in [-0.39, 0.29) is 12.2 Å². The summed E-state index contributed by atoms with van der Waals surface area (Å²) in [7, 11) is 0. The van der Waals surface area contributed by atoms with Crippen molar-refractivity contribution in [3.8, 4) is 0 Å². The molecule has 118 valence electrons. The molecule has 2 fully saturated rings. The summed E-state index contributed by atoms with van der Waals surface area (Å²) >= 11 is 5.78. The van der Waals surface area contributed by atoms with E-state index in [0.29, 0.717) is 18.7 Å². The second-order valence-corrected chi connectivity index (χ2v) is 6.72. The van der Waals surface area contributed by atoms with Crippen molar-refractivity contribution in [2.24, 2.45) is 11.3 Å². The summed E-state index contributed by atoms with van der Waals surface area (Å²) < 4.78 is 5.37. The van der Waals surface area contributed by atoms with E-state index in [0.717, 1.165) is 5.56 Å². The number of aliphatic hydroxyl groups excluding tert-OH is 1. The Morgan fingerprint density at radius 3 is 2.64 bits per heavy atom. The fourth-order valence-electron chi connectivity index (χ4n) is 4.01. The van der Waals surface area contributed by atoms with Crippen molar-refractivity contribution in [3.63, 3.8) is 0 Å². The molecule has 1 heterocycles. The second-order valence-electron chi connectivity index (χ2n) is 6.35. The van der Waals surface area contributed by atoms with Crippen molar-refractivity contribution >= 4 is 23.4 Å². The van der Waals surface area contributed by atoms with Crippen LogP contribution in [0.5, 0.6) is 0 Å². The lowest BCUT2D eigenvalue weighted by Gasteiger charge is -2.54. The van der Waals surface area contributed by atoms with Gasteiger partial charge >= 0.3 is 5.97 Å². The maximum absolute atomic E-state index is 12.3. The van der Waals surface area contributed by atoms with Gasteiger partial charge in [-0.05, 0) is 25.3 Å². The van der Waals surface area contributed by atoms with Crippen LogP contribution in [0.1, 0.15) is 25.3 Å². The van der Waals surface area contributed by atoms with Crippen LogP contribution >= 0.6 is 11.6 Å². The van der Waals surface area contributed by atoms with Gasteiger partial charge in [0, 0.05) is 12.3 Å². The molecule has 3 rings (SSSR count). The number of carbonyl (C=O) groups excluding carboxylic acids is 2. The van der Waals surface area contributed by atoms with Crippen LogP contribution in [0.2, 0.25) is 0 Å². The fourth-order valence-corrected chi connectivity index (χ4v) is 4.23. The zero-order valence-corrected chi connectivity index (χ0v) is 13.2. The summed E-state index contributed by atoms with van der Waals surface area (Å²) in [5.74, 6) is -0.605. The summed E-state index contributed by atoms with van der Waals surface area (Å²) in [5.41, 5.74) is -1.14. The number of carbonyl (C=O) groups is 2. The van der Waals surface area contributed by atoms with Crippen LogP contribution in [0, 0.1) is 11.3 Å². The van der Waals surface area contributed by atoms with Crippen LogP contribution in [-0.4, -0.2) is 34.4 Å². The van der Waals surface area contributed by atoms with Crippen LogP contribution in [0.15, 0.2) is 30.3 Å². The van der Waals surface area contributed by atoms with E-state index in [2.05, 4.69) is 0 Å². The molecule has 1 saturated carbocycles. The molecule has 1 aromatic rings. The zero-order chi connectivity index (χ0) is 16.0. The highest BCUT2D eigenvalue weighted by molar-refractivity contribution is 6.18. The number of hydrogen-bond acceptors (Lipinski definition) is 4. The fraction of sp³-hybridized carbons (Fsp3) is 0.529. The third kappa shape index (κ3) is 1.94. The average molecular weight is 323 g/mol. The molecule has 0 bridgehead atoms. The molecule has 0 amide bonds. The Balaban J connectivity index is 1.90. The normalized spacial score (nSPS) is 34.8. The third-order valence-corrected chi connectivity index (χ3v) is 5.52. The van der Waals surface area contributed by atoms with Gasteiger partial charge in [-0.1, -0.05) is 30.3 Å². The summed E-state index contributed by atoms with van der Waals surface area (Å²) in [5, 5.41) is 10.7. The lowest BCUT2D eigenvalue weighted by molar-refractivity contribution is -0.258. The summed E-state index contributed by atoms with van der Waals surface area (Å²) in [4.78, 5) is 24.5. The molecular formula is C17H19ClO4. The molecule has 1 N–H and O–H groups in total. The Hall–Kier alpha value is -1.39. The Morgan fingerprint density at radius 2 is 2.05 bits per heavy atom. The molecule has 1 saturated heterocycles. The van der Waals surface area contributed by atoms with Crippen LogP contribution in [-0.2, 0) is 20.7 Å². The van der Waals surface area contributed by atoms with E-state index in [1.807, 2.05) is 30.3 Å². The first-order chi connectivity index (χ1) is 10.5. The average Bonchev–Trinajstić information content (AvgIpc) is 2.66. The lowest BCUT2D eigenvalue weighted by atomic mass is 9.62. The maximum atomic E-state index is 12.3. The zero-order valence-electron chi connectivity index (χ0n) is 12.4. The van der Waals surface area contributed by atoms with E-state index in [4.69, 9.17) is 16.3 Å². The van der Waals surface area contributed by atoms with Crippen molar-refractivity contribution in [2.45, 2.75) is 37.9 Å². The SMILES string of the molecule is C[C@@]12OC(=O)C1([C@@H](O)Cc1ccccc1)CC(=O)C2CCCl. The van der Waals surface area contributed by atoms with Gasteiger partial charge in [-0.25, -0.2) is 0 Å². The molecule has 1 aromatic carbocycles. The summed E-state index contributed by atoms with van der Waals surface area (Å²) in [6.07, 6.45) is -0.112. The number of halogens is 1. The van der Waals surface area contributed by atoms with Gasteiger partial charge in [0.05, 0.1) is 12.0 Å². The Labute approximate surface area is 134 Å². The van der Waals surface area contributed by atoms with Gasteiger partial charge in [0.15, 0.2) is 0 Å². The molecule has 22 heavy (non-hydrogen) atoms. The smallest absolute Gasteiger partial charge is 0.319 e. The quantitative estimate of drug-likeness (QED) is 0.666. The summed E-state index contributed by atoms with van der Waals surface area (Å²) in [6.45, 7) is 1.75. The first kappa shape index (κ1) is 15.5. The highest BCUT2D eigenvalue weighted by Crippen LogP contribution is 2.61. The number of esters is 1. The minimum atomic E-state index is -1.13. The van der Waals surface area contributed by atoms with E-state index in [9.17, 15) is 14.7 Å². The molecule has 0 radical (unpaired) electrons. The maximum Gasteiger partial charge on any atom is 0.319 e. The van der Waals surface area contributed by atoms with Crippen LogP contribution in [0.25, 0.3) is 0 Å². The largest absolute Gasteiger partial charge is 0.457 e. The van der Waals surface area contributed by atoms with Gasteiger partial charge in [-0.15, -0.1) is 11.6 Å². The van der Waals surface area contributed by atoms with Crippen molar-refractivity contribution in [1.29, 1.82) is 0 Å². The van der Waals surface area contributed by atoms with Crippen molar-refractivity contribution < 1.29 is 19.4 Å². The number of aliphatic hydroxyl groups is 1. The molecule has 1 aliphatic heterocycles. The standard InChI is InChI=1S/C17H19ClO4/c1-16-12(7-8-18)13(19)10-17(16,15(21)22-16)14(20)9-11-5-3-2-4-6-11/h2-6,12,14,20H,7-10H2,1H3/t12?,14-,16-,17?/m0/s1. The molecule has 2 unspecified atom stereocenters. The van der Waals surface area contributed by atoms with Crippen LogP contribution in [0.4, 0.5) is 0 Å². The van der Waals surface area contributed by atoms with Gasteiger partial charge in [0.1, 0.15) is 16.8 Å². The Bertz CT molecular complexity index is 602. The predicted octanol–water partition coefficient (Wildman–Crippen LogP) is 2.11. The topological polar surface area (TPSA) is 63.6 Å². The predicted molar refractivity (Wildman–Crippen MR) is 81.5 cm³/mol. The molecule has 1 aliphatic carbocycles. The van der Waals surface area contributed by atoms with Gasteiger partial charge < -0.3 is 9.84 Å². The first-order valence-corrected chi connectivity index (χ1v) is 8.03. The minimum absolute atomic E-state index is 0.0396. The lowest BCUT2D eigenvalue weighted by Crippen LogP contribution is -2.69. The second kappa shape index (κ2) is 5.36. The van der Waals surface area contributed by atoms with Crippen molar-refractivity contribution in [2.75, 3.05) is 5.88 Å². The number of fused-ring (bicyclic) bond motifs is 1. The molecular weight excluding hydrogens is 304 g/mol. The number of alkyl halides is 1. The number of rotatable bonds is 5. The van der Waals surface area contributed by atoms with E-state index in [1.165, 1.54) is 0 Å². The van der Waals surface area contributed by atoms with Crippen molar-refractivity contribution in [3.05, 3.63) is 35.9 Å². The van der Waals surface area contributed by atoms with E-state index in [1.54, 1.807) is 6.92 Å². The molecule has 0 aromatic heterocycles. The van der Waals surface area contributed by atoms with E-state index < -0.39 is 29.0 Å². The van der Waals surface area contributed by atoms with Gasteiger partial charge in [0.25, 0.3) is 0 Å². The number of hydrogen-bond donors (Lipinski definition) is 1. The van der Waals surface area contributed by atoms with Gasteiger partial charge in [-0.3, -0.25) is 9.59 Å². The number of ether oxygens (including phenoxy) is 1.